The van der Waals surface area contributed by atoms with Crippen molar-refractivity contribution in [3.05, 3.63) is 76.5 Å². The SMILES string of the molecule is COc1cccc(Oc2nccn3c(=O)n(CC(=O)Nc4cc(C)ccc4C)nc23)c1. The number of carbonyl (C=O) groups is 1. The molecule has 4 rings (SSSR count). The molecule has 2 heterocycles. The van der Waals surface area contributed by atoms with Gasteiger partial charge < -0.3 is 14.8 Å². The molecular formula is C22H21N5O4. The molecule has 9 nitrogen and oxygen atoms in total. The lowest BCUT2D eigenvalue weighted by Crippen LogP contribution is -2.28. The lowest BCUT2D eigenvalue weighted by Gasteiger charge is -2.09. The van der Waals surface area contributed by atoms with Crippen LogP contribution in [-0.2, 0) is 11.3 Å². The summed E-state index contributed by atoms with van der Waals surface area (Å²) in [6.07, 6.45) is 2.91. The van der Waals surface area contributed by atoms with Crippen LogP contribution in [0.1, 0.15) is 11.1 Å². The number of fused-ring (bicyclic) bond motifs is 1. The molecule has 4 aromatic rings. The van der Waals surface area contributed by atoms with E-state index in [1.165, 1.54) is 16.8 Å². The minimum absolute atomic E-state index is 0.140. The fourth-order valence-electron chi connectivity index (χ4n) is 3.07. The van der Waals surface area contributed by atoms with Gasteiger partial charge in [-0.3, -0.25) is 4.79 Å². The van der Waals surface area contributed by atoms with Crippen molar-refractivity contribution in [2.45, 2.75) is 20.4 Å². The normalized spacial score (nSPS) is 10.8. The van der Waals surface area contributed by atoms with Crippen LogP contribution in [0.4, 0.5) is 5.69 Å². The van der Waals surface area contributed by atoms with Gasteiger partial charge in [-0.15, -0.1) is 5.10 Å². The van der Waals surface area contributed by atoms with Crippen molar-refractivity contribution in [1.29, 1.82) is 0 Å². The number of ether oxygens (including phenoxy) is 2. The second-order valence-corrected chi connectivity index (χ2v) is 7.01. The molecule has 0 spiro atoms. The van der Waals surface area contributed by atoms with Crippen molar-refractivity contribution >= 4 is 17.2 Å². The number of hydrogen-bond donors (Lipinski definition) is 1. The summed E-state index contributed by atoms with van der Waals surface area (Å²) in [5.41, 5.74) is 2.39. The van der Waals surface area contributed by atoms with Gasteiger partial charge in [-0.1, -0.05) is 18.2 Å². The van der Waals surface area contributed by atoms with E-state index in [0.29, 0.717) is 17.2 Å². The van der Waals surface area contributed by atoms with Crippen LogP contribution in [0, 0.1) is 13.8 Å². The lowest BCUT2D eigenvalue weighted by molar-refractivity contribution is -0.117. The Morgan fingerprint density at radius 1 is 1.13 bits per heavy atom. The first kappa shape index (κ1) is 20.1. The highest BCUT2D eigenvalue weighted by Gasteiger charge is 2.16. The molecule has 0 aliphatic heterocycles. The maximum Gasteiger partial charge on any atom is 0.351 e. The number of nitrogens with zero attached hydrogens (tertiary/aromatic N) is 4. The van der Waals surface area contributed by atoms with E-state index in [1.807, 2.05) is 32.0 Å². The molecule has 1 N–H and O–H groups in total. The van der Waals surface area contributed by atoms with E-state index < -0.39 is 5.69 Å². The maximum absolute atomic E-state index is 12.7. The number of rotatable bonds is 6. The highest BCUT2D eigenvalue weighted by molar-refractivity contribution is 5.91. The van der Waals surface area contributed by atoms with E-state index >= 15 is 0 Å². The number of amides is 1. The number of methoxy groups -OCH3 is 1. The lowest BCUT2D eigenvalue weighted by atomic mass is 10.1. The fourth-order valence-corrected chi connectivity index (χ4v) is 3.07. The largest absolute Gasteiger partial charge is 0.497 e. The Labute approximate surface area is 177 Å². The van der Waals surface area contributed by atoms with Crippen molar-refractivity contribution < 1.29 is 14.3 Å². The second-order valence-electron chi connectivity index (χ2n) is 7.01. The second kappa shape index (κ2) is 8.31. The van der Waals surface area contributed by atoms with Crippen molar-refractivity contribution in [3.63, 3.8) is 0 Å². The predicted molar refractivity (Wildman–Crippen MR) is 115 cm³/mol. The topological polar surface area (TPSA) is 99.8 Å². The summed E-state index contributed by atoms with van der Waals surface area (Å²) in [7, 11) is 1.56. The third-order valence-corrected chi connectivity index (χ3v) is 4.69. The summed E-state index contributed by atoms with van der Waals surface area (Å²) >= 11 is 0. The molecule has 0 atom stereocenters. The number of nitrogens with one attached hydrogen (secondary N) is 1. The summed E-state index contributed by atoms with van der Waals surface area (Å²) in [4.78, 5) is 29.4. The van der Waals surface area contributed by atoms with Crippen LogP contribution in [-0.4, -0.2) is 32.2 Å². The molecule has 0 saturated heterocycles. The van der Waals surface area contributed by atoms with Crippen LogP contribution in [0.25, 0.3) is 5.65 Å². The molecular weight excluding hydrogens is 398 g/mol. The van der Waals surface area contributed by atoms with Gasteiger partial charge in [-0.05, 0) is 43.2 Å². The minimum Gasteiger partial charge on any atom is -0.497 e. The Hall–Kier alpha value is -4.14. The van der Waals surface area contributed by atoms with Crippen LogP contribution in [0.3, 0.4) is 0 Å². The molecule has 0 fully saturated rings. The van der Waals surface area contributed by atoms with E-state index in [9.17, 15) is 9.59 Å². The zero-order valence-corrected chi connectivity index (χ0v) is 17.3. The molecule has 1 amide bonds. The van der Waals surface area contributed by atoms with Gasteiger partial charge in [0.05, 0.1) is 7.11 Å². The first-order valence-electron chi connectivity index (χ1n) is 9.58. The van der Waals surface area contributed by atoms with Crippen LogP contribution >= 0.6 is 0 Å². The Morgan fingerprint density at radius 2 is 1.94 bits per heavy atom. The number of aromatic nitrogens is 4. The van der Waals surface area contributed by atoms with Crippen LogP contribution in [0.15, 0.2) is 59.7 Å². The van der Waals surface area contributed by atoms with Gasteiger partial charge in [0.25, 0.3) is 5.88 Å². The quantitative estimate of drug-likeness (QED) is 0.516. The van der Waals surface area contributed by atoms with Crippen molar-refractivity contribution in [3.8, 4) is 17.4 Å². The number of anilines is 1. The van der Waals surface area contributed by atoms with Crippen LogP contribution in [0.5, 0.6) is 17.4 Å². The molecule has 31 heavy (non-hydrogen) atoms. The van der Waals surface area contributed by atoms with Gasteiger partial charge in [0, 0.05) is 24.1 Å². The molecule has 0 bridgehead atoms. The maximum atomic E-state index is 12.7. The van der Waals surface area contributed by atoms with E-state index in [-0.39, 0.29) is 24.0 Å². The highest BCUT2D eigenvalue weighted by Crippen LogP contribution is 2.25. The predicted octanol–water partition coefficient (Wildman–Crippen LogP) is 2.95. The van der Waals surface area contributed by atoms with Crippen LogP contribution < -0.4 is 20.5 Å². The molecule has 0 unspecified atom stereocenters. The van der Waals surface area contributed by atoms with Gasteiger partial charge >= 0.3 is 5.69 Å². The third-order valence-electron chi connectivity index (χ3n) is 4.69. The fraction of sp³-hybridized carbons (Fsp3) is 0.182. The first-order valence-corrected chi connectivity index (χ1v) is 9.58. The third kappa shape index (κ3) is 4.25. The van der Waals surface area contributed by atoms with Crippen LogP contribution in [0.2, 0.25) is 0 Å². The Bertz CT molecular complexity index is 1330. The Kier molecular flexibility index (Phi) is 5.40. The highest BCUT2D eigenvalue weighted by atomic mass is 16.5. The van der Waals surface area contributed by atoms with Crippen molar-refractivity contribution in [2.24, 2.45) is 0 Å². The zero-order valence-electron chi connectivity index (χ0n) is 17.3. The van der Waals surface area contributed by atoms with Gasteiger partial charge in [-0.25, -0.2) is 18.9 Å². The molecule has 2 aromatic heterocycles. The molecule has 0 aliphatic rings. The van der Waals surface area contributed by atoms with Crippen molar-refractivity contribution in [2.75, 3.05) is 12.4 Å². The van der Waals surface area contributed by atoms with E-state index in [4.69, 9.17) is 9.47 Å². The number of hydrogen-bond acceptors (Lipinski definition) is 6. The van der Waals surface area contributed by atoms with Gasteiger partial charge in [0.15, 0.2) is 0 Å². The first-order chi connectivity index (χ1) is 14.9. The number of carbonyl (C=O) groups excluding carboxylic acids is 1. The summed E-state index contributed by atoms with van der Waals surface area (Å²) in [5.74, 6) is 0.883. The Morgan fingerprint density at radius 3 is 2.74 bits per heavy atom. The zero-order chi connectivity index (χ0) is 22.0. The molecule has 0 aliphatic carbocycles. The van der Waals surface area contributed by atoms with E-state index in [2.05, 4.69) is 15.4 Å². The molecule has 158 valence electrons. The van der Waals surface area contributed by atoms with Gasteiger partial charge in [-0.2, -0.15) is 0 Å². The smallest absolute Gasteiger partial charge is 0.351 e. The summed E-state index contributed by atoms with van der Waals surface area (Å²) in [6.45, 7) is 3.60. The van der Waals surface area contributed by atoms with Gasteiger partial charge in [0.2, 0.25) is 11.6 Å². The van der Waals surface area contributed by atoms with E-state index in [1.54, 1.807) is 31.4 Å². The number of benzene rings is 2. The molecule has 0 saturated carbocycles. The summed E-state index contributed by atoms with van der Waals surface area (Å²) < 4.78 is 13.4. The minimum atomic E-state index is -0.469. The van der Waals surface area contributed by atoms with E-state index in [0.717, 1.165) is 15.8 Å². The van der Waals surface area contributed by atoms with Crippen molar-refractivity contribution in [1.82, 2.24) is 19.2 Å². The summed E-state index contributed by atoms with van der Waals surface area (Å²) in [5, 5.41) is 7.09. The Balaban J connectivity index is 1.60. The average Bonchev–Trinajstić information content (AvgIpc) is 3.07. The molecule has 2 aromatic carbocycles. The molecule has 0 radical (unpaired) electrons. The average molecular weight is 419 g/mol. The number of aryl methyl sites for hydroxylation is 2. The standard InChI is InChI=1S/C22H21N5O4/c1-14-7-8-15(2)18(11-14)24-19(28)13-27-22(29)26-10-9-23-21(20(26)25-27)31-17-6-4-5-16(12-17)30-3/h4-12H,13H2,1-3H3,(H,24,28). The van der Waals surface area contributed by atoms with Gasteiger partial charge in [0.1, 0.15) is 18.0 Å². The monoisotopic (exact) mass is 419 g/mol. The summed E-state index contributed by atoms with van der Waals surface area (Å²) in [6, 6.07) is 12.8. The molecule has 9 heteroatoms.